The quantitative estimate of drug-likeness (QED) is 0.0904. The molecule has 0 rings (SSSR count). The van der Waals surface area contributed by atoms with Crippen LogP contribution in [0.4, 0.5) is 0 Å². The topological polar surface area (TPSA) is 0 Å². The van der Waals surface area contributed by atoms with Gasteiger partial charge in [0, 0.05) is 0 Å². The van der Waals surface area contributed by atoms with Crippen LogP contribution >= 0.6 is 0 Å². The van der Waals surface area contributed by atoms with Crippen LogP contribution in [0.25, 0.3) is 0 Å². The molecule has 0 aliphatic carbocycles. The van der Waals surface area contributed by atoms with E-state index in [4.69, 9.17) is 0 Å². The molecule has 0 nitrogen and oxygen atoms in total. The van der Waals surface area contributed by atoms with E-state index in [1.807, 2.05) is 0 Å². The van der Waals surface area contributed by atoms with E-state index in [2.05, 4.69) is 229 Å². The molecule has 0 aromatic heterocycles. The van der Waals surface area contributed by atoms with Gasteiger partial charge in [-0.15, -0.1) is 0 Å². The van der Waals surface area contributed by atoms with Crippen LogP contribution in [-0.2, 0) is 0 Å². The monoisotopic (exact) mass is 797 g/mol. The Morgan fingerprint density at radius 1 is 0.281 bits per heavy atom. The van der Waals surface area contributed by atoms with Crippen LogP contribution in [0.15, 0.2) is 97.2 Å². The maximum atomic E-state index is 2.37. The van der Waals surface area contributed by atoms with E-state index >= 15 is 0 Å². The van der Waals surface area contributed by atoms with Crippen LogP contribution in [0, 0.1) is 29.6 Å². The first kappa shape index (κ1) is 69.5. The summed E-state index contributed by atoms with van der Waals surface area (Å²) in [6.45, 7) is 41.8. The highest BCUT2D eigenvalue weighted by molar-refractivity contribution is 4.91. The van der Waals surface area contributed by atoms with Crippen molar-refractivity contribution in [2.75, 3.05) is 0 Å². The lowest BCUT2D eigenvalue weighted by atomic mass is 9.90. The second-order valence-corrected chi connectivity index (χ2v) is 15.2. The average Bonchev–Trinajstić information content (AvgIpc) is 3.21. The molecular weight excluding hydrogens is 685 g/mol. The minimum absolute atomic E-state index is 0.719. The van der Waals surface area contributed by atoms with Crippen LogP contribution in [0.5, 0.6) is 0 Å². The van der Waals surface area contributed by atoms with Crippen molar-refractivity contribution in [1.29, 1.82) is 0 Å². The fourth-order valence-electron chi connectivity index (χ4n) is 5.09. The molecule has 0 amide bonds. The Hall–Kier alpha value is -2.08. The van der Waals surface area contributed by atoms with Gasteiger partial charge in [-0.2, -0.15) is 0 Å². The van der Waals surface area contributed by atoms with Crippen LogP contribution in [0.3, 0.4) is 0 Å². The number of allylic oxidation sites excluding steroid dienone is 16. The molecule has 340 valence electrons. The van der Waals surface area contributed by atoms with Crippen molar-refractivity contribution in [3.05, 3.63) is 97.2 Å². The van der Waals surface area contributed by atoms with Crippen LogP contribution < -0.4 is 0 Å². The Morgan fingerprint density at radius 3 is 0.684 bits per heavy atom. The number of hydrogen-bond donors (Lipinski definition) is 0. The van der Waals surface area contributed by atoms with Crippen molar-refractivity contribution in [3.63, 3.8) is 0 Å². The van der Waals surface area contributed by atoms with Gasteiger partial charge in [0.25, 0.3) is 0 Å². The third kappa shape index (κ3) is 96.0. The van der Waals surface area contributed by atoms with Gasteiger partial charge in [-0.05, 0) is 119 Å². The molecule has 4 unspecified atom stereocenters. The van der Waals surface area contributed by atoms with E-state index in [0.29, 0.717) is 0 Å². The van der Waals surface area contributed by atoms with Gasteiger partial charge < -0.3 is 0 Å². The van der Waals surface area contributed by atoms with Crippen molar-refractivity contribution >= 4 is 0 Å². The van der Waals surface area contributed by atoms with Crippen molar-refractivity contribution in [3.8, 4) is 0 Å². The van der Waals surface area contributed by atoms with E-state index < -0.39 is 0 Å². The van der Waals surface area contributed by atoms with Gasteiger partial charge >= 0.3 is 0 Å². The molecule has 0 heteroatoms. The number of rotatable bonds is 23. The first-order chi connectivity index (χ1) is 27.4. The van der Waals surface area contributed by atoms with E-state index in [1.54, 1.807) is 0 Å². The molecule has 0 saturated carbocycles. The summed E-state index contributed by atoms with van der Waals surface area (Å²) in [5.74, 6) is 3.88. The first-order valence-corrected chi connectivity index (χ1v) is 24.6. The van der Waals surface area contributed by atoms with Crippen LogP contribution in [-0.4, -0.2) is 0 Å². The standard InChI is InChI=1S/C13H24.C13H26.C7H14.4C6H12/c1-5-7-9-12(3)11-13(4)10-8-6-2;1-5-8-10-12(4)11-13(7-3)9-6-2;1-4-5-6-7(2)3;4*1-3-5-6-4-2/h7-10,12-13H,5-6,11H2,1-4H3;8,10,12-13H,5-7,9,11H2,1-4H3;5-7H,4H2,1-3H3;4*5-6H,3-4H2,1-2H3. The summed E-state index contributed by atoms with van der Waals surface area (Å²) < 4.78 is 0. The molecule has 0 heterocycles. The van der Waals surface area contributed by atoms with Crippen molar-refractivity contribution in [2.24, 2.45) is 29.6 Å². The highest BCUT2D eigenvalue weighted by atomic mass is 14.1. The molecule has 0 aromatic carbocycles. The summed E-state index contributed by atoms with van der Waals surface area (Å²) in [7, 11) is 0. The minimum atomic E-state index is 0.719. The SMILES string of the molecule is CCC=CC(C)C.CCC=CC(C)CC(C)C=CCC.CCC=CC(C)CC(CC)CCC.CCC=CCC.CCC=CCC.CCC=CCC.CCC=CCC. The minimum Gasteiger partial charge on any atom is -0.0888 e. The van der Waals surface area contributed by atoms with E-state index in [-0.39, 0.29) is 0 Å². The molecule has 0 spiro atoms. The van der Waals surface area contributed by atoms with Gasteiger partial charge in [0.05, 0.1) is 0 Å². The summed E-state index contributed by atoms with van der Waals surface area (Å²) in [6.07, 6.45) is 56.5. The van der Waals surface area contributed by atoms with Crippen molar-refractivity contribution < 1.29 is 0 Å². The molecule has 0 aromatic rings. The van der Waals surface area contributed by atoms with Gasteiger partial charge in [0.15, 0.2) is 0 Å². The molecule has 57 heavy (non-hydrogen) atoms. The zero-order valence-corrected chi connectivity index (χ0v) is 43.1. The zero-order valence-electron chi connectivity index (χ0n) is 43.1. The summed E-state index contributed by atoms with van der Waals surface area (Å²) >= 11 is 0. The van der Waals surface area contributed by atoms with Gasteiger partial charge in [0.2, 0.25) is 0 Å². The van der Waals surface area contributed by atoms with Crippen LogP contribution in [0.2, 0.25) is 0 Å². The zero-order chi connectivity index (χ0) is 45.2. The second-order valence-electron chi connectivity index (χ2n) is 15.2. The second kappa shape index (κ2) is 71.6. The third-order valence-corrected chi connectivity index (χ3v) is 8.13. The number of hydrogen-bond acceptors (Lipinski definition) is 0. The lowest BCUT2D eigenvalue weighted by Gasteiger charge is -2.16. The molecule has 0 fully saturated rings. The third-order valence-electron chi connectivity index (χ3n) is 8.13. The highest BCUT2D eigenvalue weighted by Gasteiger charge is 2.08. The van der Waals surface area contributed by atoms with Crippen molar-refractivity contribution in [1.82, 2.24) is 0 Å². The Bertz CT molecular complexity index is 756. The van der Waals surface area contributed by atoms with Crippen molar-refractivity contribution in [2.45, 2.75) is 241 Å². The predicted molar refractivity (Wildman–Crippen MR) is 277 cm³/mol. The maximum Gasteiger partial charge on any atom is -0.0256 e. The van der Waals surface area contributed by atoms with E-state index in [9.17, 15) is 0 Å². The smallest absolute Gasteiger partial charge is 0.0256 e. The molecular formula is C57H112. The Kier molecular flexibility index (Phi) is 87.4. The van der Waals surface area contributed by atoms with E-state index in [1.165, 1.54) is 89.9 Å². The largest absolute Gasteiger partial charge is 0.0888 e. The van der Waals surface area contributed by atoms with Gasteiger partial charge in [-0.3, -0.25) is 0 Å². The molecule has 0 N–H and O–H groups in total. The predicted octanol–water partition coefficient (Wildman–Crippen LogP) is 21.4. The lowest BCUT2D eigenvalue weighted by molar-refractivity contribution is 0.390. The van der Waals surface area contributed by atoms with Gasteiger partial charge in [-0.1, -0.05) is 248 Å². The Labute approximate surface area is 366 Å². The summed E-state index contributed by atoms with van der Waals surface area (Å²) in [5, 5.41) is 0. The molecule has 4 atom stereocenters. The molecule has 0 aliphatic heterocycles. The molecule has 0 bridgehead atoms. The normalized spacial score (nSPS) is 13.3. The summed E-state index contributed by atoms with van der Waals surface area (Å²) in [4.78, 5) is 0. The fourth-order valence-corrected chi connectivity index (χ4v) is 5.09. The lowest BCUT2D eigenvalue weighted by Crippen LogP contribution is -2.03. The van der Waals surface area contributed by atoms with E-state index in [0.717, 1.165) is 48.9 Å². The molecule has 0 saturated heterocycles. The Morgan fingerprint density at radius 2 is 0.509 bits per heavy atom. The van der Waals surface area contributed by atoms with Crippen LogP contribution in [0.1, 0.15) is 241 Å². The molecule has 0 radical (unpaired) electrons. The molecule has 0 aliphatic rings. The maximum absolute atomic E-state index is 2.37. The average molecular weight is 798 g/mol. The summed E-state index contributed by atoms with van der Waals surface area (Å²) in [6, 6.07) is 0. The van der Waals surface area contributed by atoms with Gasteiger partial charge in [0.1, 0.15) is 0 Å². The summed E-state index contributed by atoms with van der Waals surface area (Å²) in [5.41, 5.74) is 0. The first-order valence-electron chi connectivity index (χ1n) is 24.6. The fraction of sp³-hybridized carbons (Fsp3) is 0.719. The highest BCUT2D eigenvalue weighted by Crippen LogP contribution is 2.21. The van der Waals surface area contributed by atoms with Gasteiger partial charge in [-0.25, -0.2) is 0 Å². The Balaban J connectivity index is -0.000000106.